The van der Waals surface area contributed by atoms with Crippen molar-refractivity contribution in [3.05, 3.63) is 55.1 Å². The summed E-state index contributed by atoms with van der Waals surface area (Å²) in [6.45, 7) is 2.61. The summed E-state index contributed by atoms with van der Waals surface area (Å²) >= 11 is 0. The topological polar surface area (TPSA) is 88.4 Å². The molecule has 3 aromatic rings. The lowest BCUT2D eigenvalue weighted by Crippen LogP contribution is -2.50. The van der Waals surface area contributed by atoms with Gasteiger partial charge in [0.1, 0.15) is 17.9 Å². The summed E-state index contributed by atoms with van der Waals surface area (Å²) in [6, 6.07) is 11.0. The number of urea groups is 1. The van der Waals surface area contributed by atoms with Crippen LogP contribution in [0.4, 0.5) is 16.3 Å². The SMILES string of the molecule is COc1cccc(NC(=O)N2CCN(c3cc(-n4cccn4)ncn3)CC2)c1. The number of aromatic nitrogens is 4. The molecule has 9 heteroatoms. The number of ether oxygens (including phenoxy) is 1. The Kier molecular flexibility index (Phi) is 5.05. The summed E-state index contributed by atoms with van der Waals surface area (Å²) in [5.41, 5.74) is 0.714. The molecule has 1 aromatic carbocycles. The van der Waals surface area contributed by atoms with Gasteiger partial charge in [-0.1, -0.05) is 6.07 Å². The van der Waals surface area contributed by atoms with Crippen LogP contribution in [0, 0.1) is 0 Å². The van der Waals surface area contributed by atoms with E-state index in [-0.39, 0.29) is 6.03 Å². The smallest absolute Gasteiger partial charge is 0.321 e. The molecule has 2 aromatic heterocycles. The fraction of sp³-hybridized carbons (Fsp3) is 0.263. The van der Waals surface area contributed by atoms with Crippen molar-refractivity contribution < 1.29 is 9.53 Å². The van der Waals surface area contributed by atoms with Gasteiger partial charge in [0.2, 0.25) is 0 Å². The molecule has 9 nitrogen and oxygen atoms in total. The van der Waals surface area contributed by atoms with Gasteiger partial charge in [0.25, 0.3) is 0 Å². The molecule has 0 unspecified atom stereocenters. The number of nitrogens with one attached hydrogen (secondary N) is 1. The van der Waals surface area contributed by atoms with Gasteiger partial charge in [-0.3, -0.25) is 0 Å². The number of nitrogens with zero attached hydrogens (tertiary/aromatic N) is 6. The average Bonchev–Trinajstić information content (AvgIpc) is 3.29. The van der Waals surface area contributed by atoms with Gasteiger partial charge in [0.05, 0.1) is 7.11 Å². The van der Waals surface area contributed by atoms with Crippen molar-refractivity contribution in [1.82, 2.24) is 24.6 Å². The Morgan fingerprint density at radius 2 is 1.89 bits per heavy atom. The van der Waals surface area contributed by atoms with Crippen LogP contribution in [0.2, 0.25) is 0 Å². The van der Waals surface area contributed by atoms with E-state index in [0.29, 0.717) is 43.4 Å². The van der Waals surface area contributed by atoms with Gasteiger partial charge in [0.15, 0.2) is 5.82 Å². The van der Waals surface area contributed by atoms with E-state index < -0.39 is 0 Å². The lowest BCUT2D eigenvalue weighted by molar-refractivity contribution is 0.208. The minimum absolute atomic E-state index is 0.118. The molecule has 1 N–H and O–H groups in total. The van der Waals surface area contributed by atoms with Gasteiger partial charge < -0.3 is 19.9 Å². The van der Waals surface area contributed by atoms with Crippen molar-refractivity contribution >= 4 is 17.5 Å². The molecule has 144 valence electrons. The number of rotatable bonds is 4. The highest BCUT2D eigenvalue weighted by Crippen LogP contribution is 2.19. The first-order valence-electron chi connectivity index (χ1n) is 9.00. The maximum absolute atomic E-state index is 12.5. The van der Waals surface area contributed by atoms with E-state index in [9.17, 15) is 4.79 Å². The number of benzene rings is 1. The fourth-order valence-corrected chi connectivity index (χ4v) is 3.08. The summed E-state index contributed by atoms with van der Waals surface area (Å²) in [5, 5.41) is 7.12. The normalized spacial score (nSPS) is 14.0. The summed E-state index contributed by atoms with van der Waals surface area (Å²) in [6.07, 6.45) is 5.09. The monoisotopic (exact) mass is 379 g/mol. The second-order valence-electron chi connectivity index (χ2n) is 6.32. The van der Waals surface area contributed by atoms with Gasteiger partial charge >= 0.3 is 6.03 Å². The van der Waals surface area contributed by atoms with Crippen LogP contribution >= 0.6 is 0 Å². The van der Waals surface area contributed by atoms with Gasteiger partial charge in [-0.2, -0.15) is 5.10 Å². The highest BCUT2D eigenvalue weighted by atomic mass is 16.5. The zero-order valence-electron chi connectivity index (χ0n) is 15.5. The molecule has 1 fully saturated rings. The summed E-state index contributed by atoms with van der Waals surface area (Å²) < 4.78 is 6.89. The summed E-state index contributed by atoms with van der Waals surface area (Å²) in [5.74, 6) is 2.25. The van der Waals surface area contributed by atoms with Crippen LogP contribution in [0.25, 0.3) is 5.82 Å². The van der Waals surface area contributed by atoms with Crippen LogP contribution in [0.5, 0.6) is 5.75 Å². The Morgan fingerprint density at radius 1 is 1.07 bits per heavy atom. The average molecular weight is 379 g/mol. The molecule has 28 heavy (non-hydrogen) atoms. The molecule has 4 rings (SSSR count). The third-order valence-electron chi connectivity index (χ3n) is 4.59. The van der Waals surface area contributed by atoms with E-state index in [4.69, 9.17) is 4.74 Å². The molecular formula is C19H21N7O2. The maximum Gasteiger partial charge on any atom is 0.321 e. The van der Waals surface area contributed by atoms with Crippen molar-refractivity contribution in [2.75, 3.05) is 43.5 Å². The first-order valence-corrected chi connectivity index (χ1v) is 9.00. The summed E-state index contributed by atoms with van der Waals surface area (Å²) in [7, 11) is 1.60. The van der Waals surface area contributed by atoms with Crippen molar-refractivity contribution in [3.8, 4) is 11.6 Å². The minimum atomic E-state index is -0.118. The van der Waals surface area contributed by atoms with Crippen molar-refractivity contribution in [2.24, 2.45) is 0 Å². The van der Waals surface area contributed by atoms with E-state index in [0.717, 1.165) is 5.82 Å². The fourth-order valence-electron chi connectivity index (χ4n) is 3.08. The number of carbonyl (C=O) groups excluding carboxylic acids is 1. The van der Waals surface area contributed by atoms with Crippen molar-refractivity contribution in [3.63, 3.8) is 0 Å². The van der Waals surface area contributed by atoms with Crippen LogP contribution in [0.15, 0.2) is 55.1 Å². The Morgan fingerprint density at radius 3 is 2.64 bits per heavy atom. The molecule has 1 aliphatic rings. The maximum atomic E-state index is 12.5. The molecular weight excluding hydrogens is 358 g/mol. The Bertz CT molecular complexity index is 937. The first kappa shape index (κ1) is 17.8. The molecule has 0 aliphatic carbocycles. The minimum Gasteiger partial charge on any atom is -0.497 e. The first-order chi connectivity index (χ1) is 13.7. The standard InChI is InChI=1S/C19H21N7O2/c1-28-16-5-2-4-15(12-16)23-19(27)25-10-8-24(9-11-25)17-13-18(21-14-20-17)26-7-3-6-22-26/h2-7,12-14H,8-11H2,1H3,(H,23,27). The number of anilines is 2. The highest BCUT2D eigenvalue weighted by Gasteiger charge is 2.22. The van der Waals surface area contributed by atoms with Crippen LogP contribution in [-0.2, 0) is 0 Å². The molecule has 0 atom stereocenters. The van der Waals surface area contributed by atoms with E-state index in [1.807, 2.05) is 36.5 Å². The molecule has 3 heterocycles. The third-order valence-corrected chi connectivity index (χ3v) is 4.59. The molecule has 1 saturated heterocycles. The Hall–Kier alpha value is -3.62. The number of amides is 2. The van der Waals surface area contributed by atoms with E-state index in [1.165, 1.54) is 6.33 Å². The Labute approximate surface area is 162 Å². The second kappa shape index (κ2) is 7.95. The number of hydrogen-bond acceptors (Lipinski definition) is 6. The lowest BCUT2D eigenvalue weighted by Gasteiger charge is -2.35. The van der Waals surface area contributed by atoms with Crippen molar-refractivity contribution in [2.45, 2.75) is 0 Å². The third kappa shape index (κ3) is 3.88. The van der Waals surface area contributed by atoms with Crippen LogP contribution in [0.1, 0.15) is 0 Å². The second-order valence-corrected chi connectivity index (χ2v) is 6.32. The number of methoxy groups -OCH3 is 1. The van der Waals surface area contributed by atoms with E-state index in [1.54, 1.807) is 29.0 Å². The van der Waals surface area contributed by atoms with E-state index in [2.05, 4.69) is 25.3 Å². The molecule has 2 amide bonds. The zero-order chi connectivity index (χ0) is 19.3. The number of piperazine rings is 1. The molecule has 1 aliphatic heterocycles. The lowest BCUT2D eigenvalue weighted by atomic mass is 10.3. The zero-order valence-corrected chi connectivity index (χ0v) is 15.5. The van der Waals surface area contributed by atoms with Gasteiger partial charge in [-0.05, 0) is 18.2 Å². The highest BCUT2D eigenvalue weighted by molar-refractivity contribution is 5.89. The number of hydrogen-bond donors (Lipinski definition) is 1. The molecule has 0 radical (unpaired) electrons. The van der Waals surface area contributed by atoms with Gasteiger partial charge in [-0.25, -0.2) is 19.4 Å². The largest absolute Gasteiger partial charge is 0.497 e. The predicted octanol–water partition coefficient (Wildman–Crippen LogP) is 2.02. The number of carbonyl (C=O) groups is 1. The molecule has 0 bridgehead atoms. The van der Waals surface area contributed by atoms with Gasteiger partial charge in [-0.15, -0.1) is 0 Å². The molecule has 0 spiro atoms. The Balaban J connectivity index is 1.37. The predicted molar refractivity (Wildman–Crippen MR) is 105 cm³/mol. The quantitative estimate of drug-likeness (QED) is 0.746. The van der Waals surface area contributed by atoms with Crippen LogP contribution in [0.3, 0.4) is 0 Å². The van der Waals surface area contributed by atoms with E-state index >= 15 is 0 Å². The van der Waals surface area contributed by atoms with Crippen LogP contribution < -0.4 is 15.0 Å². The molecule has 0 saturated carbocycles. The van der Waals surface area contributed by atoms with Crippen molar-refractivity contribution in [1.29, 1.82) is 0 Å². The van der Waals surface area contributed by atoms with Gasteiger partial charge in [0, 0.05) is 56.4 Å². The van der Waals surface area contributed by atoms with Crippen LogP contribution in [-0.4, -0.2) is 64.0 Å². The summed E-state index contributed by atoms with van der Waals surface area (Å²) in [4.78, 5) is 25.1.